The van der Waals surface area contributed by atoms with E-state index in [-0.39, 0.29) is 35.1 Å². The Morgan fingerprint density at radius 2 is 1.79 bits per heavy atom. The fraction of sp³-hybridized carbons (Fsp3) is 0.478. The van der Waals surface area contributed by atoms with Crippen molar-refractivity contribution >= 4 is 23.5 Å². The molecule has 0 aliphatic heterocycles. The van der Waals surface area contributed by atoms with Gasteiger partial charge in [0.1, 0.15) is 0 Å². The molecular formula is C23H29F3N4O3. The number of aromatic nitrogens is 2. The lowest BCUT2D eigenvalue weighted by Gasteiger charge is -2.16. The predicted molar refractivity (Wildman–Crippen MR) is 118 cm³/mol. The Morgan fingerprint density at radius 3 is 2.24 bits per heavy atom. The van der Waals surface area contributed by atoms with Crippen LogP contribution in [0.5, 0.6) is 0 Å². The van der Waals surface area contributed by atoms with Gasteiger partial charge in [0.25, 0.3) is 0 Å². The maximum Gasteiger partial charge on any atom is 0.419 e. The van der Waals surface area contributed by atoms with Crippen LogP contribution in [0.15, 0.2) is 30.5 Å². The summed E-state index contributed by atoms with van der Waals surface area (Å²) >= 11 is 0. The Balaban J connectivity index is 0.000000273. The lowest BCUT2D eigenvalue weighted by Crippen LogP contribution is -2.36. The number of nitrogens with one attached hydrogen (secondary N) is 2. The molecule has 3 N–H and O–H groups in total. The van der Waals surface area contributed by atoms with Gasteiger partial charge in [-0.3, -0.25) is 4.79 Å². The third kappa shape index (κ3) is 7.73. The first-order valence-electron chi connectivity index (χ1n) is 10.7. The fourth-order valence-corrected chi connectivity index (χ4v) is 3.56. The van der Waals surface area contributed by atoms with Crippen molar-refractivity contribution in [2.75, 3.05) is 5.32 Å². The number of hydrogen-bond acceptors (Lipinski definition) is 5. The van der Waals surface area contributed by atoms with Crippen LogP contribution in [0.3, 0.4) is 0 Å². The molecule has 2 atom stereocenters. The van der Waals surface area contributed by atoms with Gasteiger partial charge >= 0.3 is 12.1 Å². The van der Waals surface area contributed by atoms with Gasteiger partial charge in [0, 0.05) is 23.8 Å². The Kier molecular flexibility index (Phi) is 8.78. The number of nitrogens with zero attached hydrogens (tertiary/aromatic N) is 2. The largest absolute Gasteiger partial charge is 0.478 e. The van der Waals surface area contributed by atoms with E-state index in [2.05, 4.69) is 27.5 Å². The van der Waals surface area contributed by atoms with Gasteiger partial charge in [-0.1, -0.05) is 13.3 Å². The summed E-state index contributed by atoms with van der Waals surface area (Å²) < 4.78 is 37.7. The summed E-state index contributed by atoms with van der Waals surface area (Å²) in [6.45, 7) is 7.44. The molecule has 0 bridgehead atoms. The molecule has 1 saturated carbocycles. The number of halogens is 3. The molecule has 1 fully saturated rings. The number of rotatable bonds is 5. The molecule has 2 aromatic rings. The standard InChI is InChI=1S/C13H10F3N3O2.C10H19NO/c1-7-10(13(14,15)16)6-17-12(18-7)19-9-4-2-8(3-5-9)11(20)21;1-7(2)11-10(12)9-6-4-5-8(9)3/h2-6H,1H3,(H,20,21)(H,17,18,19);7-9H,4-6H2,1-3H3,(H,11,12). The molecule has 180 valence electrons. The van der Waals surface area contributed by atoms with Gasteiger partial charge in [0.05, 0.1) is 16.8 Å². The zero-order valence-corrected chi connectivity index (χ0v) is 19.0. The van der Waals surface area contributed by atoms with Crippen LogP contribution >= 0.6 is 0 Å². The van der Waals surface area contributed by atoms with E-state index in [1.165, 1.54) is 44.0 Å². The van der Waals surface area contributed by atoms with Crippen LogP contribution in [0.2, 0.25) is 0 Å². The highest BCUT2D eigenvalue weighted by atomic mass is 19.4. The van der Waals surface area contributed by atoms with E-state index >= 15 is 0 Å². The summed E-state index contributed by atoms with van der Waals surface area (Å²) in [6.07, 6.45) is -0.269. The summed E-state index contributed by atoms with van der Waals surface area (Å²) in [6, 6.07) is 5.95. The van der Waals surface area contributed by atoms with Crippen molar-refractivity contribution in [3.05, 3.63) is 47.3 Å². The number of amides is 1. The minimum Gasteiger partial charge on any atom is -0.478 e. The molecule has 0 spiro atoms. The maximum atomic E-state index is 12.6. The number of aromatic carboxylic acids is 1. The molecule has 1 heterocycles. The van der Waals surface area contributed by atoms with Crippen LogP contribution in [-0.4, -0.2) is 33.0 Å². The number of hydrogen-bond donors (Lipinski definition) is 3. The zero-order valence-electron chi connectivity index (χ0n) is 19.0. The van der Waals surface area contributed by atoms with Gasteiger partial charge in [-0.15, -0.1) is 0 Å². The van der Waals surface area contributed by atoms with Crippen molar-refractivity contribution < 1.29 is 27.9 Å². The van der Waals surface area contributed by atoms with Gasteiger partial charge in [0.15, 0.2) is 0 Å². The van der Waals surface area contributed by atoms with E-state index in [1.54, 1.807) is 0 Å². The lowest BCUT2D eigenvalue weighted by molar-refractivity contribution is -0.138. The quantitative estimate of drug-likeness (QED) is 0.560. The molecule has 1 aliphatic rings. The topological polar surface area (TPSA) is 104 Å². The SMILES string of the molecule is CC(C)NC(=O)C1CCCC1C.Cc1nc(Nc2ccc(C(=O)O)cc2)ncc1C(F)(F)F. The van der Waals surface area contributed by atoms with Crippen molar-refractivity contribution in [1.29, 1.82) is 0 Å². The molecule has 0 saturated heterocycles. The molecule has 33 heavy (non-hydrogen) atoms. The van der Waals surface area contributed by atoms with Crippen molar-refractivity contribution in [2.24, 2.45) is 11.8 Å². The van der Waals surface area contributed by atoms with Crippen LogP contribution in [0.4, 0.5) is 24.8 Å². The number of carbonyl (C=O) groups is 2. The molecule has 7 nitrogen and oxygen atoms in total. The summed E-state index contributed by atoms with van der Waals surface area (Å²) in [5, 5.41) is 14.4. The number of carboxylic acid groups (broad SMARTS) is 1. The third-order valence-corrected chi connectivity index (χ3v) is 5.30. The minimum atomic E-state index is -4.49. The Morgan fingerprint density at radius 1 is 1.15 bits per heavy atom. The van der Waals surface area contributed by atoms with Crippen molar-refractivity contribution in [1.82, 2.24) is 15.3 Å². The van der Waals surface area contributed by atoms with Gasteiger partial charge in [-0.05, 0) is 63.8 Å². The van der Waals surface area contributed by atoms with E-state index < -0.39 is 17.7 Å². The number of carbonyl (C=O) groups excluding carboxylic acids is 1. The van der Waals surface area contributed by atoms with E-state index in [9.17, 15) is 22.8 Å². The van der Waals surface area contributed by atoms with E-state index in [0.29, 0.717) is 17.8 Å². The summed E-state index contributed by atoms with van der Waals surface area (Å²) in [4.78, 5) is 29.6. The van der Waals surface area contributed by atoms with Crippen molar-refractivity contribution in [2.45, 2.75) is 59.2 Å². The Hall–Kier alpha value is -3.17. The smallest absolute Gasteiger partial charge is 0.419 e. The lowest BCUT2D eigenvalue weighted by atomic mass is 9.97. The second kappa shape index (κ2) is 11.1. The molecule has 2 unspecified atom stereocenters. The molecule has 1 amide bonds. The average Bonchev–Trinajstić information content (AvgIpc) is 3.13. The van der Waals surface area contributed by atoms with Gasteiger partial charge < -0.3 is 15.7 Å². The highest BCUT2D eigenvalue weighted by Crippen LogP contribution is 2.32. The second-order valence-corrected chi connectivity index (χ2v) is 8.38. The van der Waals surface area contributed by atoms with Gasteiger partial charge in [-0.2, -0.15) is 13.2 Å². The average molecular weight is 467 g/mol. The molecule has 10 heteroatoms. The van der Waals surface area contributed by atoms with Crippen molar-refractivity contribution in [3.63, 3.8) is 0 Å². The fourth-order valence-electron chi connectivity index (χ4n) is 3.56. The summed E-state index contributed by atoms with van der Waals surface area (Å²) in [5.41, 5.74) is -0.513. The van der Waals surface area contributed by atoms with E-state index in [1.807, 2.05) is 13.8 Å². The van der Waals surface area contributed by atoms with Crippen molar-refractivity contribution in [3.8, 4) is 0 Å². The maximum absolute atomic E-state index is 12.6. The zero-order chi connectivity index (χ0) is 24.8. The molecule has 0 radical (unpaired) electrons. The number of benzene rings is 1. The van der Waals surface area contributed by atoms with Crippen LogP contribution in [0, 0.1) is 18.8 Å². The first-order chi connectivity index (χ1) is 15.4. The number of alkyl halides is 3. The van der Waals surface area contributed by atoms with E-state index in [0.717, 1.165) is 6.42 Å². The predicted octanol–water partition coefficient (Wildman–Crippen LogP) is 5.19. The third-order valence-electron chi connectivity index (χ3n) is 5.30. The molecule has 1 aliphatic carbocycles. The summed E-state index contributed by atoms with van der Waals surface area (Å²) in [5.74, 6) is 0.0675. The van der Waals surface area contributed by atoms with Crippen LogP contribution in [0.25, 0.3) is 0 Å². The highest BCUT2D eigenvalue weighted by Gasteiger charge is 2.33. The van der Waals surface area contributed by atoms with Gasteiger partial charge in [0.2, 0.25) is 11.9 Å². The first kappa shape index (κ1) is 26.1. The first-order valence-corrected chi connectivity index (χ1v) is 10.7. The number of carboxylic acids is 1. The van der Waals surface area contributed by atoms with Crippen LogP contribution in [-0.2, 0) is 11.0 Å². The summed E-state index contributed by atoms with van der Waals surface area (Å²) in [7, 11) is 0. The molecule has 3 rings (SSSR count). The Bertz CT molecular complexity index is 962. The molecule has 1 aromatic heterocycles. The monoisotopic (exact) mass is 466 g/mol. The highest BCUT2D eigenvalue weighted by molar-refractivity contribution is 5.88. The van der Waals surface area contributed by atoms with Gasteiger partial charge in [-0.25, -0.2) is 14.8 Å². The molecule has 1 aromatic carbocycles. The number of anilines is 2. The van der Waals surface area contributed by atoms with E-state index in [4.69, 9.17) is 5.11 Å². The normalized spacial score (nSPS) is 17.8. The Labute approximate surface area is 190 Å². The second-order valence-electron chi connectivity index (χ2n) is 8.38. The van der Waals surface area contributed by atoms with Crippen LogP contribution in [0.1, 0.15) is 61.6 Å². The minimum absolute atomic E-state index is 0.00331. The number of aryl methyl sites for hydroxylation is 1. The molecular weight excluding hydrogens is 437 g/mol. The van der Waals surface area contributed by atoms with Crippen LogP contribution < -0.4 is 10.6 Å².